The Labute approximate surface area is 327 Å². The molecule has 2 saturated carbocycles. The van der Waals surface area contributed by atoms with Gasteiger partial charge in [0.2, 0.25) is 0 Å². The highest BCUT2D eigenvalue weighted by Gasteiger charge is 2.59. The fraction of sp³-hybridized carbons (Fsp3) is 0.429. The maximum atomic E-state index is 14.0. The van der Waals surface area contributed by atoms with Crippen LogP contribution in [-0.4, -0.2) is 61.2 Å². The summed E-state index contributed by atoms with van der Waals surface area (Å²) in [5.41, 5.74) is 3.68. The number of nitrogens with zero attached hydrogens (tertiary/aromatic N) is 4. The summed E-state index contributed by atoms with van der Waals surface area (Å²) >= 11 is 11.6. The first-order valence-electron chi connectivity index (χ1n) is 18.9. The van der Waals surface area contributed by atoms with E-state index in [1.807, 2.05) is 89.5 Å². The second-order valence-electron chi connectivity index (χ2n) is 15.2. The number of ether oxygens (including phenoxy) is 2. The lowest BCUT2D eigenvalue weighted by molar-refractivity contribution is -0.131. The van der Waals surface area contributed by atoms with Crippen LogP contribution in [0.1, 0.15) is 100 Å². The molecule has 3 aromatic rings. The molecule has 4 amide bonds. The normalized spacial score (nSPS) is 19.4. The van der Waals surface area contributed by atoms with E-state index in [2.05, 4.69) is 0 Å². The van der Waals surface area contributed by atoms with E-state index in [0.29, 0.717) is 32.1 Å². The average molecular weight is 767 g/mol. The first-order chi connectivity index (χ1) is 25.9. The van der Waals surface area contributed by atoms with E-state index in [1.54, 1.807) is 13.8 Å². The minimum Gasteiger partial charge on any atom is -0.446 e. The van der Waals surface area contributed by atoms with Crippen molar-refractivity contribution < 1.29 is 28.7 Å². The molecule has 4 fully saturated rings. The lowest BCUT2D eigenvalue weighted by atomic mass is 9.80. The Morgan fingerprint density at radius 2 is 1.15 bits per heavy atom. The lowest BCUT2D eigenvalue weighted by Gasteiger charge is -2.39. The summed E-state index contributed by atoms with van der Waals surface area (Å²) in [6, 6.07) is 23.6. The third-order valence-electron chi connectivity index (χ3n) is 11.1. The van der Waals surface area contributed by atoms with E-state index < -0.39 is 23.3 Å². The van der Waals surface area contributed by atoms with Crippen LogP contribution in [0.4, 0.5) is 21.0 Å². The maximum absolute atomic E-state index is 14.0. The quantitative estimate of drug-likeness (QED) is 0.217. The van der Waals surface area contributed by atoms with Crippen LogP contribution in [0.25, 0.3) is 0 Å². The standard InChI is InChI=1S/C42H46N4O6S2/c1-28(2)52-40(50)44-36(48)42(23-8-5-9-24-42)46(38(44)54)34-19-15-30(16-20-34)25-31-11-10-12-32(26-31)27-51-39(49)43-35(47)41(21-6-4-7-22-41)45(37(43)53)33-17-13-29(3)14-18-33/h10-20,26,28H,4-9,21-25,27H2,1-3H3. The molecule has 54 heavy (non-hydrogen) atoms. The molecular weight excluding hydrogens is 721 g/mol. The number of rotatable bonds is 7. The van der Waals surface area contributed by atoms with Crippen molar-refractivity contribution in [2.24, 2.45) is 0 Å². The van der Waals surface area contributed by atoms with Crippen molar-refractivity contribution in [2.45, 2.75) is 115 Å². The number of carbonyl (C=O) groups is 4. The van der Waals surface area contributed by atoms with Crippen molar-refractivity contribution in [3.8, 4) is 0 Å². The van der Waals surface area contributed by atoms with Crippen LogP contribution >= 0.6 is 24.4 Å². The summed E-state index contributed by atoms with van der Waals surface area (Å²) < 4.78 is 11.2. The van der Waals surface area contributed by atoms with Crippen LogP contribution in [-0.2, 0) is 32.1 Å². The average Bonchev–Trinajstić information content (AvgIpc) is 3.49. The lowest BCUT2D eigenvalue weighted by Crippen LogP contribution is -2.51. The smallest absolute Gasteiger partial charge is 0.423 e. The third-order valence-corrected chi connectivity index (χ3v) is 11.9. The Hall–Kier alpha value is -4.68. The van der Waals surface area contributed by atoms with E-state index in [0.717, 1.165) is 82.0 Å². The van der Waals surface area contributed by atoms with Crippen molar-refractivity contribution in [3.05, 3.63) is 95.1 Å². The van der Waals surface area contributed by atoms with Gasteiger partial charge in [-0.05, 0) is 118 Å². The molecule has 0 atom stereocenters. The number of anilines is 2. The van der Waals surface area contributed by atoms with E-state index >= 15 is 0 Å². The number of imide groups is 2. The molecule has 282 valence electrons. The summed E-state index contributed by atoms with van der Waals surface area (Å²) in [5.74, 6) is -0.626. The number of benzene rings is 3. The molecule has 10 nitrogen and oxygen atoms in total. The number of carbonyl (C=O) groups excluding carboxylic acids is 4. The van der Waals surface area contributed by atoms with Crippen LogP contribution in [0.5, 0.6) is 0 Å². The zero-order chi connectivity index (χ0) is 38.2. The van der Waals surface area contributed by atoms with Gasteiger partial charge in [0, 0.05) is 11.4 Å². The number of hydrogen-bond donors (Lipinski definition) is 0. The third kappa shape index (κ3) is 6.79. The van der Waals surface area contributed by atoms with Crippen LogP contribution in [0, 0.1) is 6.92 Å². The van der Waals surface area contributed by atoms with E-state index in [1.165, 1.54) is 0 Å². The Morgan fingerprint density at radius 1 is 0.667 bits per heavy atom. The molecular formula is C42H46N4O6S2. The number of amides is 4. The molecule has 2 heterocycles. The van der Waals surface area contributed by atoms with Crippen LogP contribution in [0.3, 0.4) is 0 Å². The van der Waals surface area contributed by atoms with Crippen LogP contribution in [0.2, 0.25) is 0 Å². The van der Waals surface area contributed by atoms with E-state index in [4.69, 9.17) is 33.9 Å². The highest BCUT2D eigenvalue weighted by molar-refractivity contribution is 7.80. The molecule has 2 saturated heterocycles. The molecule has 0 bridgehead atoms. The summed E-state index contributed by atoms with van der Waals surface area (Å²) in [5, 5.41) is 0.306. The summed E-state index contributed by atoms with van der Waals surface area (Å²) in [7, 11) is 0. The van der Waals surface area contributed by atoms with Crippen LogP contribution in [0.15, 0.2) is 72.8 Å². The predicted octanol–water partition coefficient (Wildman–Crippen LogP) is 8.74. The van der Waals surface area contributed by atoms with Gasteiger partial charge in [0.25, 0.3) is 11.8 Å². The van der Waals surface area contributed by atoms with Crippen molar-refractivity contribution in [3.63, 3.8) is 0 Å². The molecule has 3 aromatic carbocycles. The molecule has 0 aromatic heterocycles. The van der Waals surface area contributed by atoms with Crippen molar-refractivity contribution >= 4 is 70.0 Å². The minimum absolute atomic E-state index is 0.0200. The van der Waals surface area contributed by atoms with E-state index in [9.17, 15) is 19.2 Å². The fourth-order valence-corrected chi connectivity index (χ4v) is 9.39. The van der Waals surface area contributed by atoms with Gasteiger partial charge in [-0.25, -0.2) is 9.59 Å². The molecule has 0 N–H and O–H groups in total. The molecule has 7 rings (SSSR count). The van der Waals surface area contributed by atoms with Crippen molar-refractivity contribution in [1.82, 2.24) is 9.80 Å². The summed E-state index contributed by atoms with van der Waals surface area (Å²) in [4.78, 5) is 60.2. The van der Waals surface area contributed by atoms with Crippen molar-refractivity contribution in [1.29, 1.82) is 0 Å². The molecule has 2 spiro atoms. The highest BCUT2D eigenvalue weighted by atomic mass is 32.1. The molecule has 4 aliphatic rings. The van der Waals surface area contributed by atoms with Gasteiger partial charge >= 0.3 is 12.2 Å². The van der Waals surface area contributed by atoms with Gasteiger partial charge in [-0.15, -0.1) is 0 Å². The van der Waals surface area contributed by atoms with Crippen LogP contribution < -0.4 is 9.80 Å². The molecule has 12 heteroatoms. The first kappa shape index (κ1) is 37.6. The second kappa shape index (κ2) is 15.2. The zero-order valence-corrected chi connectivity index (χ0v) is 32.7. The topological polar surface area (TPSA) is 99.7 Å². The highest BCUT2D eigenvalue weighted by Crippen LogP contribution is 2.45. The number of hydrogen-bond acceptors (Lipinski definition) is 8. The predicted molar refractivity (Wildman–Crippen MR) is 214 cm³/mol. The molecule has 2 aliphatic carbocycles. The van der Waals surface area contributed by atoms with E-state index in [-0.39, 0.29) is 34.8 Å². The van der Waals surface area contributed by atoms with Gasteiger partial charge in [0.05, 0.1) is 6.10 Å². The molecule has 0 radical (unpaired) electrons. The fourth-order valence-electron chi connectivity index (χ4n) is 8.52. The number of aryl methyl sites for hydroxylation is 1. The van der Waals surface area contributed by atoms with Crippen molar-refractivity contribution in [2.75, 3.05) is 9.80 Å². The Morgan fingerprint density at radius 3 is 1.67 bits per heavy atom. The molecule has 2 aliphatic heterocycles. The Kier molecular flexibility index (Phi) is 10.6. The number of thiocarbonyl (C=S) groups is 2. The summed E-state index contributed by atoms with van der Waals surface area (Å²) in [6.45, 7) is 5.48. The van der Waals surface area contributed by atoms with Gasteiger partial charge < -0.3 is 19.3 Å². The van der Waals surface area contributed by atoms with Gasteiger partial charge in [0.15, 0.2) is 10.2 Å². The monoisotopic (exact) mass is 766 g/mol. The van der Waals surface area contributed by atoms with Gasteiger partial charge in [-0.2, -0.15) is 9.80 Å². The molecule has 0 unspecified atom stereocenters. The zero-order valence-electron chi connectivity index (χ0n) is 31.0. The first-order valence-corrected chi connectivity index (χ1v) is 19.8. The Balaban J connectivity index is 1.04. The maximum Gasteiger partial charge on any atom is 0.423 e. The van der Waals surface area contributed by atoms with Gasteiger partial charge in [0.1, 0.15) is 17.7 Å². The second-order valence-corrected chi connectivity index (χ2v) is 15.9. The van der Waals surface area contributed by atoms with Gasteiger partial charge in [-0.1, -0.05) is 92.6 Å². The SMILES string of the molecule is Cc1ccc(N2C(=S)N(C(=O)OCc3cccc(Cc4ccc(N5C(=S)N(C(=O)OC(C)C)C(=O)C56CCCCC6)cc4)c3)C(=O)C23CCCCC3)cc1. The Bertz CT molecular complexity index is 1970. The summed E-state index contributed by atoms with van der Waals surface area (Å²) in [6.07, 6.45) is 6.77. The minimum atomic E-state index is -0.905. The largest absolute Gasteiger partial charge is 0.446 e. The van der Waals surface area contributed by atoms with Gasteiger partial charge in [-0.3, -0.25) is 9.59 Å².